The maximum atomic E-state index is 12.5. The van der Waals surface area contributed by atoms with Crippen molar-refractivity contribution in [2.45, 2.75) is 44.2 Å². The molecule has 2 atom stereocenters. The van der Waals surface area contributed by atoms with Crippen LogP contribution in [0.3, 0.4) is 0 Å². The molecule has 5 heteroatoms. The minimum Gasteiger partial charge on any atom is -0.496 e. The Morgan fingerprint density at radius 2 is 1.96 bits per heavy atom. The molecular formula is C19H28N2O3. The summed E-state index contributed by atoms with van der Waals surface area (Å²) in [6, 6.07) is 8.18. The fraction of sp³-hybridized carbons (Fsp3) is 0.632. The van der Waals surface area contributed by atoms with Crippen molar-refractivity contribution in [2.75, 3.05) is 33.3 Å². The van der Waals surface area contributed by atoms with Gasteiger partial charge in [-0.15, -0.1) is 0 Å². The first-order valence-electron chi connectivity index (χ1n) is 9.01. The van der Waals surface area contributed by atoms with Crippen LogP contribution in [0.25, 0.3) is 0 Å². The lowest BCUT2D eigenvalue weighted by Gasteiger charge is -2.39. The maximum absolute atomic E-state index is 12.5. The molecular weight excluding hydrogens is 304 g/mol. The predicted molar refractivity (Wildman–Crippen MR) is 93.1 cm³/mol. The summed E-state index contributed by atoms with van der Waals surface area (Å²) in [6.07, 6.45) is 4.17. The molecule has 0 unspecified atom stereocenters. The van der Waals surface area contributed by atoms with Gasteiger partial charge in [0.1, 0.15) is 5.75 Å². The number of aliphatic hydroxyl groups excluding tert-OH is 1. The molecule has 3 rings (SSSR count). The van der Waals surface area contributed by atoms with Gasteiger partial charge in [0.15, 0.2) is 0 Å². The molecule has 1 heterocycles. The Morgan fingerprint density at radius 1 is 1.21 bits per heavy atom. The minimum absolute atomic E-state index is 0.183. The van der Waals surface area contributed by atoms with E-state index in [1.807, 2.05) is 29.2 Å². The standard InChI is InChI=1S/C19H28N2O3/c1-24-18-8-3-2-5-15(18)9-10-19(23)21-13-11-20(12-14-21)16-6-4-7-17(16)22/h2-3,5,8,16-17,22H,4,6-7,9-14H2,1H3/t16-,17-/m0/s1. The molecule has 1 N–H and O–H groups in total. The molecule has 0 radical (unpaired) electrons. The molecule has 1 amide bonds. The molecule has 1 aromatic carbocycles. The van der Waals surface area contributed by atoms with E-state index in [4.69, 9.17) is 4.74 Å². The summed E-state index contributed by atoms with van der Waals surface area (Å²) in [5.41, 5.74) is 1.08. The Kier molecular flexibility index (Phi) is 5.74. The number of nitrogens with zero attached hydrogens (tertiary/aromatic N) is 2. The molecule has 1 saturated heterocycles. The van der Waals surface area contributed by atoms with Crippen molar-refractivity contribution in [1.82, 2.24) is 9.80 Å². The molecule has 132 valence electrons. The van der Waals surface area contributed by atoms with E-state index in [9.17, 15) is 9.90 Å². The fourth-order valence-electron chi connectivity index (χ4n) is 3.96. The third-order valence-corrected chi connectivity index (χ3v) is 5.38. The Labute approximate surface area is 144 Å². The van der Waals surface area contributed by atoms with Crippen LogP contribution in [0.15, 0.2) is 24.3 Å². The van der Waals surface area contributed by atoms with Crippen molar-refractivity contribution < 1.29 is 14.6 Å². The van der Waals surface area contributed by atoms with E-state index in [1.54, 1.807) is 7.11 Å². The molecule has 0 aromatic heterocycles. The normalized spacial score (nSPS) is 25.0. The second-order valence-corrected chi connectivity index (χ2v) is 6.79. The highest BCUT2D eigenvalue weighted by molar-refractivity contribution is 5.76. The number of aliphatic hydroxyl groups is 1. The van der Waals surface area contributed by atoms with Crippen molar-refractivity contribution in [2.24, 2.45) is 0 Å². The number of piperazine rings is 1. The van der Waals surface area contributed by atoms with Gasteiger partial charge in [0.05, 0.1) is 13.2 Å². The quantitative estimate of drug-likeness (QED) is 0.891. The molecule has 1 aromatic rings. The lowest BCUT2D eigenvalue weighted by Crippen LogP contribution is -2.53. The lowest BCUT2D eigenvalue weighted by atomic mass is 10.1. The predicted octanol–water partition coefficient (Wildman–Crippen LogP) is 1.69. The minimum atomic E-state index is -0.183. The Balaban J connectivity index is 1.47. The largest absolute Gasteiger partial charge is 0.496 e. The van der Waals surface area contributed by atoms with Gasteiger partial charge in [-0.05, 0) is 37.3 Å². The van der Waals surface area contributed by atoms with Crippen LogP contribution < -0.4 is 4.74 Å². The van der Waals surface area contributed by atoms with Crippen LogP contribution in [-0.2, 0) is 11.2 Å². The summed E-state index contributed by atoms with van der Waals surface area (Å²) in [7, 11) is 1.66. The molecule has 1 aliphatic heterocycles. The van der Waals surface area contributed by atoms with Crippen LogP contribution in [0.1, 0.15) is 31.2 Å². The van der Waals surface area contributed by atoms with Gasteiger partial charge in [0.2, 0.25) is 5.91 Å². The van der Waals surface area contributed by atoms with Crippen molar-refractivity contribution in [3.05, 3.63) is 29.8 Å². The van der Waals surface area contributed by atoms with E-state index in [-0.39, 0.29) is 12.0 Å². The van der Waals surface area contributed by atoms with Gasteiger partial charge >= 0.3 is 0 Å². The second kappa shape index (κ2) is 7.99. The summed E-state index contributed by atoms with van der Waals surface area (Å²) in [5.74, 6) is 1.07. The highest BCUT2D eigenvalue weighted by Gasteiger charge is 2.33. The first-order valence-corrected chi connectivity index (χ1v) is 9.01. The van der Waals surface area contributed by atoms with Gasteiger partial charge in [-0.1, -0.05) is 18.2 Å². The summed E-state index contributed by atoms with van der Waals surface area (Å²) >= 11 is 0. The number of hydrogen-bond donors (Lipinski definition) is 1. The van der Waals surface area contributed by atoms with E-state index in [0.29, 0.717) is 18.9 Å². The first-order chi connectivity index (χ1) is 11.7. The maximum Gasteiger partial charge on any atom is 0.222 e. The summed E-state index contributed by atoms with van der Waals surface area (Å²) in [5, 5.41) is 10.0. The number of benzene rings is 1. The van der Waals surface area contributed by atoms with Gasteiger partial charge in [0.25, 0.3) is 0 Å². The number of rotatable bonds is 5. The van der Waals surface area contributed by atoms with Gasteiger partial charge in [0, 0.05) is 38.6 Å². The van der Waals surface area contributed by atoms with E-state index in [2.05, 4.69) is 4.90 Å². The number of hydrogen-bond acceptors (Lipinski definition) is 4. The summed E-state index contributed by atoms with van der Waals surface area (Å²) in [6.45, 7) is 3.30. The highest BCUT2D eigenvalue weighted by atomic mass is 16.5. The van der Waals surface area contributed by atoms with Gasteiger partial charge in [-0.2, -0.15) is 0 Å². The van der Waals surface area contributed by atoms with Crippen LogP contribution in [0.4, 0.5) is 0 Å². The first kappa shape index (κ1) is 17.2. The van der Waals surface area contributed by atoms with E-state index in [1.165, 1.54) is 0 Å². The molecule has 0 bridgehead atoms. The lowest BCUT2D eigenvalue weighted by molar-refractivity contribution is -0.133. The molecule has 2 aliphatic rings. The molecule has 5 nitrogen and oxygen atoms in total. The monoisotopic (exact) mass is 332 g/mol. The van der Waals surface area contributed by atoms with Gasteiger partial charge in [-0.25, -0.2) is 0 Å². The van der Waals surface area contributed by atoms with Crippen LogP contribution in [0.5, 0.6) is 5.75 Å². The smallest absolute Gasteiger partial charge is 0.222 e. The van der Waals surface area contributed by atoms with Crippen molar-refractivity contribution in [1.29, 1.82) is 0 Å². The topological polar surface area (TPSA) is 53.0 Å². The molecule has 1 aliphatic carbocycles. The molecule has 24 heavy (non-hydrogen) atoms. The van der Waals surface area contributed by atoms with Crippen molar-refractivity contribution in [3.8, 4) is 5.75 Å². The number of aryl methyl sites for hydroxylation is 1. The van der Waals surface area contributed by atoms with Crippen LogP contribution in [0, 0.1) is 0 Å². The third-order valence-electron chi connectivity index (χ3n) is 5.38. The number of methoxy groups -OCH3 is 1. The number of amides is 1. The van der Waals surface area contributed by atoms with E-state index >= 15 is 0 Å². The Bertz CT molecular complexity index is 555. The van der Waals surface area contributed by atoms with Gasteiger partial charge < -0.3 is 14.7 Å². The average molecular weight is 332 g/mol. The zero-order valence-corrected chi connectivity index (χ0v) is 14.5. The average Bonchev–Trinajstić information content (AvgIpc) is 3.06. The summed E-state index contributed by atoms with van der Waals surface area (Å²) < 4.78 is 5.35. The van der Waals surface area contributed by atoms with Crippen LogP contribution in [-0.4, -0.2) is 66.2 Å². The van der Waals surface area contributed by atoms with E-state index < -0.39 is 0 Å². The zero-order chi connectivity index (χ0) is 16.9. The third kappa shape index (κ3) is 3.90. The SMILES string of the molecule is COc1ccccc1CCC(=O)N1CCN([C@H]2CCC[C@@H]2O)CC1. The number of para-hydroxylation sites is 1. The zero-order valence-electron chi connectivity index (χ0n) is 14.5. The number of carbonyl (C=O) groups excluding carboxylic acids is 1. The molecule has 1 saturated carbocycles. The summed E-state index contributed by atoms with van der Waals surface area (Å²) in [4.78, 5) is 16.8. The Morgan fingerprint density at radius 3 is 2.62 bits per heavy atom. The number of carbonyl (C=O) groups is 1. The highest BCUT2D eigenvalue weighted by Crippen LogP contribution is 2.25. The fourth-order valence-corrected chi connectivity index (χ4v) is 3.96. The van der Waals surface area contributed by atoms with Crippen LogP contribution in [0.2, 0.25) is 0 Å². The Hall–Kier alpha value is -1.59. The van der Waals surface area contributed by atoms with E-state index in [0.717, 1.165) is 56.8 Å². The van der Waals surface area contributed by atoms with Crippen molar-refractivity contribution >= 4 is 5.91 Å². The van der Waals surface area contributed by atoms with Crippen LogP contribution >= 0.6 is 0 Å². The van der Waals surface area contributed by atoms with Crippen molar-refractivity contribution in [3.63, 3.8) is 0 Å². The molecule has 2 fully saturated rings. The second-order valence-electron chi connectivity index (χ2n) is 6.79. The van der Waals surface area contributed by atoms with Gasteiger partial charge in [-0.3, -0.25) is 9.69 Å². The molecule has 0 spiro atoms. The number of ether oxygens (including phenoxy) is 1.